The van der Waals surface area contributed by atoms with E-state index >= 15 is 0 Å². The molecule has 1 aliphatic rings. The van der Waals surface area contributed by atoms with Crippen LogP contribution in [-0.4, -0.2) is 28.5 Å². The lowest BCUT2D eigenvalue weighted by molar-refractivity contribution is -0.122. The van der Waals surface area contributed by atoms with Crippen LogP contribution >= 0.6 is 22.7 Å². The number of aryl methyl sites for hydroxylation is 2. The average Bonchev–Trinajstić information content (AvgIpc) is 3.17. The summed E-state index contributed by atoms with van der Waals surface area (Å²) in [6.45, 7) is 6.93. The van der Waals surface area contributed by atoms with Gasteiger partial charge in [0.05, 0.1) is 16.7 Å². The fourth-order valence-electron chi connectivity index (χ4n) is 2.95. The Hall–Kier alpha value is -1.47. The molecule has 3 rings (SSSR count). The Balaban J connectivity index is 1.70. The molecule has 2 aromatic heterocycles. The molecule has 7 heteroatoms. The van der Waals surface area contributed by atoms with E-state index in [0.717, 1.165) is 40.1 Å². The first-order valence-corrected chi connectivity index (χ1v) is 9.16. The van der Waals surface area contributed by atoms with Crippen LogP contribution in [0.4, 0.5) is 5.13 Å². The van der Waals surface area contributed by atoms with E-state index in [1.54, 1.807) is 28.9 Å². The Bertz CT molecular complexity index is 653. The van der Waals surface area contributed by atoms with Crippen LogP contribution in [0.15, 0.2) is 11.6 Å². The minimum Gasteiger partial charge on any atom is -0.347 e. The number of hydrogen-bond donors (Lipinski definition) is 1. The third kappa shape index (κ3) is 3.01. The van der Waals surface area contributed by atoms with Gasteiger partial charge in [0.15, 0.2) is 5.13 Å². The highest BCUT2D eigenvalue weighted by Crippen LogP contribution is 2.29. The number of amides is 1. The lowest BCUT2D eigenvalue weighted by atomic mass is 10.1. The molecule has 0 aliphatic carbocycles. The van der Waals surface area contributed by atoms with E-state index in [0.29, 0.717) is 0 Å². The number of carbonyl (C=O) groups excluding carboxylic acids is 1. The SMILES string of the molecule is Cc1nc(C)c([C@@H](C)NC(=O)[C@@H]2CCCN2c2nccs2)s1. The second-order valence-corrected chi connectivity index (χ2v) is 7.69. The van der Waals surface area contributed by atoms with Gasteiger partial charge in [0.2, 0.25) is 5.91 Å². The van der Waals surface area contributed by atoms with E-state index in [1.165, 1.54) is 0 Å². The van der Waals surface area contributed by atoms with Crippen molar-refractivity contribution in [1.82, 2.24) is 15.3 Å². The van der Waals surface area contributed by atoms with Gasteiger partial charge in [0.25, 0.3) is 0 Å². The average molecular weight is 336 g/mol. The van der Waals surface area contributed by atoms with Gasteiger partial charge in [-0.3, -0.25) is 4.79 Å². The van der Waals surface area contributed by atoms with Crippen molar-refractivity contribution in [2.45, 2.75) is 45.7 Å². The summed E-state index contributed by atoms with van der Waals surface area (Å²) in [5.41, 5.74) is 1.01. The summed E-state index contributed by atoms with van der Waals surface area (Å²) < 4.78 is 0. The standard InChI is InChI=1S/C15H20N4OS2/c1-9-13(22-11(3)17-9)10(2)18-14(20)12-5-4-7-19(12)15-16-6-8-21-15/h6,8,10,12H,4-5,7H2,1-3H3,(H,18,20)/t10-,12+/m1/s1. The van der Waals surface area contributed by atoms with Crippen molar-refractivity contribution in [2.24, 2.45) is 0 Å². The van der Waals surface area contributed by atoms with E-state index < -0.39 is 0 Å². The zero-order valence-electron chi connectivity index (χ0n) is 13.0. The van der Waals surface area contributed by atoms with Gasteiger partial charge in [-0.25, -0.2) is 9.97 Å². The molecule has 0 unspecified atom stereocenters. The summed E-state index contributed by atoms with van der Waals surface area (Å²) in [6, 6.07) is -0.111. The van der Waals surface area contributed by atoms with Gasteiger partial charge in [0, 0.05) is 23.0 Å². The largest absolute Gasteiger partial charge is 0.347 e. The number of hydrogen-bond acceptors (Lipinski definition) is 6. The number of anilines is 1. The van der Waals surface area contributed by atoms with E-state index in [1.807, 2.05) is 26.2 Å². The number of nitrogens with one attached hydrogen (secondary N) is 1. The first kappa shape index (κ1) is 15.4. The van der Waals surface area contributed by atoms with E-state index in [-0.39, 0.29) is 18.0 Å². The third-order valence-electron chi connectivity index (χ3n) is 3.91. The predicted octanol–water partition coefficient (Wildman–Crippen LogP) is 3.06. The Kier molecular flexibility index (Phi) is 4.44. The first-order chi connectivity index (χ1) is 10.6. The molecule has 1 amide bonds. The molecule has 1 saturated heterocycles. The fraction of sp³-hybridized carbons (Fsp3) is 0.533. The molecular weight excluding hydrogens is 316 g/mol. The van der Waals surface area contributed by atoms with Crippen molar-refractivity contribution >= 4 is 33.7 Å². The van der Waals surface area contributed by atoms with Crippen LogP contribution in [0.5, 0.6) is 0 Å². The molecular formula is C15H20N4OS2. The topological polar surface area (TPSA) is 58.1 Å². The van der Waals surface area contributed by atoms with E-state index in [9.17, 15) is 4.79 Å². The Morgan fingerprint density at radius 2 is 2.32 bits per heavy atom. The second kappa shape index (κ2) is 6.34. The van der Waals surface area contributed by atoms with Crippen LogP contribution in [0.3, 0.4) is 0 Å². The van der Waals surface area contributed by atoms with Crippen LogP contribution in [0, 0.1) is 13.8 Å². The van der Waals surface area contributed by atoms with Crippen molar-refractivity contribution in [3.8, 4) is 0 Å². The molecule has 1 fully saturated rings. The normalized spacial score (nSPS) is 19.4. The van der Waals surface area contributed by atoms with Crippen LogP contribution in [0.25, 0.3) is 0 Å². The highest BCUT2D eigenvalue weighted by atomic mass is 32.1. The highest BCUT2D eigenvalue weighted by molar-refractivity contribution is 7.13. The molecule has 0 saturated carbocycles. The molecule has 2 aromatic rings. The molecule has 1 aliphatic heterocycles. The monoisotopic (exact) mass is 336 g/mol. The maximum Gasteiger partial charge on any atom is 0.243 e. The lowest BCUT2D eigenvalue weighted by Gasteiger charge is -2.24. The molecule has 0 aromatic carbocycles. The van der Waals surface area contributed by atoms with Gasteiger partial charge in [-0.05, 0) is 33.6 Å². The lowest BCUT2D eigenvalue weighted by Crippen LogP contribution is -2.44. The second-order valence-electron chi connectivity index (χ2n) is 5.58. The zero-order valence-corrected chi connectivity index (χ0v) is 14.6. The highest BCUT2D eigenvalue weighted by Gasteiger charge is 2.33. The van der Waals surface area contributed by atoms with Crippen molar-refractivity contribution < 1.29 is 4.79 Å². The minimum absolute atomic E-state index is 0.00237. The molecule has 0 bridgehead atoms. The molecule has 5 nitrogen and oxygen atoms in total. The smallest absolute Gasteiger partial charge is 0.243 e. The van der Waals surface area contributed by atoms with Crippen LogP contribution in [-0.2, 0) is 4.79 Å². The summed E-state index contributed by atoms with van der Waals surface area (Å²) in [5.74, 6) is 0.0886. The Morgan fingerprint density at radius 1 is 1.50 bits per heavy atom. The van der Waals surface area contributed by atoms with Crippen LogP contribution < -0.4 is 10.2 Å². The van der Waals surface area contributed by atoms with Gasteiger partial charge >= 0.3 is 0 Å². The van der Waals surface area contributed by atoms with Crippen LogP contribution in [0.2, 0.25) is 0 Å². The number of nitrogens with zero attached hydrogens (tertiary/aromatic N) is 3. The zero-order chi connectivity index (χ0) is 15.7. The van der Waals surface area contributed by atoms with Gasteiger partial charge < -0.3 is 10.2 Å². The van der Waals surface area contributed by atoms with Gasteiger partial charge in [-0.1, -0.05) is 0 Å². The van der Waals surface area contributed by atoms with Crippen molar-refractivity contribution in [2.75, 3.05) is 11.4 Å². The summed E-state index contributed by atoms with van der Waals surface area (Å²) in [7, 11) is 0. The van der Waals surface area contributed by atoms with E-state index in [4.69, 9.17) is 0 Å². The predicted molar refractivity (Wildman–Crippen MR) is 90.6 cm³/mol. The maximum absolute atomic E-state index is 12.7. The molecule has 22 heavy (non-hydrogen) atoms. The van der Waals surface area contributed by atoms with Gasteiger partial charge in [0.1, 0.15) is 6.04 Å². The number of thiazole rings is 2. The summed E-state index contributed by atoms with van der Waals surface area (Å²) in [6.07, 6.45) is 3.71. The molecule has 0 spiro atoms. The van der Waals surface area contributed by atoms with E-state index in [2.05, 4.69) is 20.2 Å². The van der Waals surface area contributed by atoms with Gasteiger partial charge in [-0.2, -0.15) is 0 Å². The molecule has 118 valence electrons. The van der Waals surface area contributed by atoms with Crippen molar-refractivity contribution in [1.29, 1.82) is 0 Å². The summed E-state index contributed by atoms with van der Waals surface area (Å²) in [4.78, 5) is 24.7. The number of rotatable bonds is 4. The number of carbonyl (C=O) groups is 1. The van der Waals surface area contributed by atoms with Crippen LogP contribution in [0.1, 0.15) is 41.4 Å². The third-order valence-corrected chi connectivity index (χ3v) is 5.98. The minimum atomic E-state index is -0.108. The van der Waals surface area contributed by atoms with Gasteiger partial charge in [-0.15, -0.1) is 22.7 Å². The first-order valence-electron chi connectivity index (χ1n) is 7.46. The fourth-order valence-corrected chi connectivity index (χ4v) is 4.60. The maximum atomic E-state index is 12.7. The Morgan fingerprint density at radius 3 is 2.95 bits per heavy atom. The quantitative estimate of drug-likeness (QED) is 0.932. The summed E-state index contributed by atoms with van der Waals surface area (Å²) in [5, 5.41) is 7.08. The molecule has 2 atom stereocenters. The van der Waals surface area contributed by atoms with Crippen molar-refractivity contribution in [3.05, 3.63) is 27.2 Å². The molecule has 3 heterocycles. The Labute approximate surface area is 138 Å². The summed E-state index contributed by atoms with van der Waals surface area (Å²) >= 11 is 3.25. The number of aromatic nitrogens is 2. The van der Waals surface area contributed by atoms with Crippen molar-refractivity contribution in [3.63, 3.8) is 0 Å². The molecule has 1 N–H and O–H groups in total. The molecule has 0 radical (unpaired) electrons.